The molecule has 0 aliphatic rings. The van der Waals surface area contributed by atoms with Gasteiger partial charge in [0.2, 0.25) is 0 Å². The quantitative estimate of drug-likeness (QED) is 0.584. The summed E-state index contributed by atoms with van der Waals surface area (Å²) in [5.74, 6) is 0. The zero-order valence-corrected chi connectivity index (χ0v) is 13.7. The van der Waals surface area contributed by atoms with Gasteiger partial charge in [-0.2, -0.15) is 0 Å². The van der Waals surface area contributed by atoms with Crippen LogP contribution in [0.5, 0.6) is 0 Å². The first-order chi connectivity index (χ1) is 8.63. The molecule has 2 rings (SSSR count). The first-order valence-corrected chi connectivity index (χ1v) is 8.27. The molecule has 96 valence electrons. The molecule has 1 atom stereocenters. The van der Waals surface area contributed by atoms with Gasteiger partial charge < -0.3 is 0 Å². The third-order valence-corrected chi connectivity index (χ3v) is 6.03. The van der Waals surface area contributed by atoms with Crippen LogP contribution in [0.3, 0.4) is 0 Å². The van der Waals surface area contributed by atoms with Crippen molar-refractivity contribution in [3.8, 4) is 0 Å². The number of hydrogen-bond acceptors (Lipinski definition) is 1. The van der Waals surface area contributed by atoms with Crippen LogP contribution in [0.2, 0.25) is 5.02 Å². The number of rotatable bonds is 4. The van der Waals surface area contributed by atoms with Crippen molar-refractivity contribution in [3.05, 3.63) is 56.2 Å². The van der Waals surface area contributed by atoms with E-state index in [2.05, 4.69) is 52.5 Å². The van der Waals surface area contributed by atoms with Gasteiger partial charge in [0.25, 0.3) is 0 Å². The van der Waals surface area contributed by atoms with E-state index in [9.17, 15) is 0 Å². The minimum absolute atomic E-state index is 0.194. The summed E-state index contributed by atoms with van der Waals surface area (Å²) in [5, 5.41) is 3.00. The van der Waals surface area contributed by atoms with E-state index >= 15 is 0 Å². The fourth-order valence-electron chi connectivity index (χ4n) is 1.91. The number of alkyl halides is 1. The SMILES string of the molecule is CCCc1ccc(C(Br)c2scc(C)c2Cl)cc1. The van der Waals surface area contributed by atoms with E-state index in [1.54, 1.807) is 11.3 Å². The second-order valence-corrected chi connectivity index (χ2v) is 6.66. The molecular weight excluding hydrogens is 328 g/mol. The van der Waals surface area contributed by atoms with Gasteiger partial charge in [0.15, 0.2) is 0 Å². The highest BCUT2D eigenvalue weighted by molar-refractivity contribution is 9.09. The lowest BCUT2D eigenvalue weighted by molar-refractivity contribution is 0.920. The maximum Gasteiger partial charge on any atom is 0.0753 e. The average molecular weight is 344 g/mol. The normalized spacial score (nSPS) is 12.7. The topological polar surface area (TPSA) is 0 Å². The Labute approximate surface area is 126 Å². The molecule has 0 saturated carbocycles. The third kappa shape index (κ3) is 2.98. The third-order valence-electron chi connectivity index (χ3n) is 2.97. The Morgan fingerprint density at radius 2 is 1.94 bits per heavy atom. The molecular formula is C15H16BrClS. The second kappa shape index (κ2) is 6.23. The summed E-state index contributed by atoms with van der Waals surface area (Å²) in [7, 11) is 0. The van der Waals surface area contributed by atoms with Crippen LogP contribution >= 0.6 is 38.9 Å². The maximum atomic E-state index is 6.31. The first kappa shape index (κ1) is 14.1. The molecule has 0 bridgehead atoms. The lowest BCUT2D eigenvalue weighted by atomic mass is 10.1. The van der Waals surface area contributed by atoms with Crippen LogP contribution in [-0.2, 0) is 6.42 Å². The summed E-state index contributed by atoms with van der Waals surface area (Å²) in [6.45, 7) is 4.25. The van der Waals surface area contributed by atoms with Crippen LogP contribution < -0.4 is 0 Å². The average Bonchev–Trinajstić information content (AvgIpc) is 2.71. The summed E-state index contributed by atoms with van der Waals surface area (Å²) in [5.41, 5.74) is 3.82. The van der Waals surface area contributed by atoms with E-state index in [4.69, 9.17) is 11.6 Å². The van der Waals surface area contributed by atoms with E-state index in [0.717, 1.165) is 17.0 Å². The predicted molar refractivity (Wildman–Crippen MR) is 85.3 cm³/mol. The van der Waals surface area contributed by atoms with Gasteiger partial charge in [-0.05, 0) is 35.4 Å². The largest absolute Gasteiger partial charge is 0.145 e. The molecule has 0 amide bonds. The van der Waals surface area contributed by atoms with E-state index in [1.165, 1.54) is 22.4 Å². The van der Waals surface area contributed by atoms with Gasteiger partial charge in [-0.15, -0.1) is 11.3 Å². The van der Waals surface area contributed by atoms with Crippen molar-refractivity contribution >= 4 is 38.9 Å². The van der Waals surface area contributed by atoms with Crippen LogP contribution in [0.4, 0.5) is 0 Å². The molecule has 0 fully saturated rings. The molecule has 2 aromatic rings. The van der Waals surface area contributed by atoms with Gasteiger partial charge in [-0.1, -0.05) is 65.1 Å². The smallest absolute Gasteiger partial charge is 0.0753 e. The minimum atomic E-state index is 0.194. The van der Waals surface area contributed by atoms with Crippen molar-refractivity contribution in [1.82, 2.24) is 0 Å². The Bertz CT molecular complexity index is 516. The number of thiophene rings is 1. The van der Waals surface area contributed by atoms with Gasteiger partial charge in [-0.25, -0.2) is 0 Å². The number of benzene rings is 1. The van der Waals surface area contributed by atoms with Crippen LogP contribution in [0.25, 0.3) is 0 Å². The lowest BCUT2D eigenvalue weighted by Gasteiger charge is -2.10. The molecule has 3 heteroatoms. The highest BCUT2D eigenvalue weighted by Crippen LogP contribution is 2.40. The zero-order valence-electron chi connectivity index (χ0n) is 10.5. The maximum absolute atomic E-state index is 6.31. The molecule has 0 N–H and O–H groups in total. The number of halogens is 2. The Kier molecular flexibility index (Phi) is 4.88. The van der Waals surface area contributed by atoms with E-state index < -0.39 is 0 Å². The fourth-order valence-corrected chi connectivity index (χ4v) is 4.21. The van der Waals surface area contributed by atoms with Crippen molar-refractivity contribution in [3.63, 3.8) is 0 Å². The highest BCUT2D eigenvalue weighted by atomic mass is 79.9. The van der Waals surface area contributed by atoms with Gasteiger partial charge in [-0.3, -0.25) is 0 Å². The van der Waals surface area contributed by atoms with E-state index in [0.29, 0.717) is 0 Å². The van der Waals surface area contributed by atoms with Crippen molar-refractivity contribution in [1.29, 1.82) is 0 Å². The van der Waals surface area contributed by atoms with E-state index in [-0.39, 0.29) is 4.83 Å². The molecule has 0 nitrogen and oxygen atoms in total. The predicted octanol–water partition coefficient (Wildman–Crippen LogP) is 6.15. The standard InChI is InChI=1S/C15H16BrClS/c1-3-4-11-5-7-12(8-6-11)13(16)15-14(17)10(2)9-18-15/h5-9,13H,3-4H2,1-2H3. The molecule has 0 radical (unpaired) electrons. The second-order valence-electron chi connectivity index (χ2n) is 4.45. The fraction of sp³-hybridized carbons (Fsp3) is 0.333. The first-order valence-electron chi connectivity index (χ1n) is 6.10. The Hall–Kier alpha value is -0.310. The van der Waals surface area contributed by atoms with Crippen molar-refractivity contribution in [2.75, 3.05) is 0 Å². The molecule has 0 aliphatic heterocycles. The van der Waals surface area contributed by atoms with Crippen LogP contribution in [0, 0.1) is 6.92 Å². The van der Waals surface area contributed by atoms with Crippen LogP contribution in [0.1, 0.15) is 39.7 Å². The van der Waals surface area contributed by atoms with Crippen LogP contribution in [0.15, 0.2) is 29.6 Å². The zero-order chi connectivity index (χ0) is 13.1. The van der Waals surface area contributed by atoms with Gasteiger partial charge in [0, 0.05) is 4.88 Å². The molecule has 1 aromatic heterocycles. The Balaban J connectivity index is 2.23. The summed E-state index contributed by atoms with van der Waals surface area (Å²) in [4.78, 5) is 1.39. The Morgan fingerprint density at radius 3 is 2.44 bits per heavy atom. The van der Waals surface area contributed by atoms with Crippen molar-refractivity contribution in [2.45, 2.75) is 31.5 Å². The number of aryl methyl sites for hydroxylation is 2. The molecule has 0 saturated heterocycles. The molecule has 0 aliphatic carbocycles. The van der Waals surface area contributed by atoms with Gasteiger partial charge in [0.05, 0.1) is 9.85 Å². The van der Waals surface area contributed by atoms with E-state index in [1.807, 2.05) is 6.92 Å². The summed E-state index contributed by atoms with van der Waals surface area (Å²) in [6.07, 6.45) is 2.33. The number of hydrogen-bond donors (Lipinski definition) is 0. The monoisotopic (exact) mass is 342 g/mol. The van der Waals surface area contributed by atoms with Crippen molar-refractivity contribution in [2.24, 2.45) is 0 Å². The lowest BCUT2D eigenvalue weighted by Crippen LogP contribution is -1.92. The molecule has 1 heterocycles. The summed E-state index contributed by atoms with van der Waals surface area (Å²) < 4.78 is 0. The van der Waals surface area contributed by atoms with Gasteiger partial charge in [0.1, 0.15) is 0 Å². The molecule has 18 heavy (non-hydrogen) atoms. The minimum Gasteiger partial charge on any atom is -0.145 e. The van der Waals surface area contributed by atoms with Crippen molar-refractivity contribution < 1.29 is 0 Å². The molecule has 1 unspecified atom stereocenters. The highest BCUT2D eigenvalue weighted by Gasteiger charge is 2.16. The van der Waals surface area contributed by atoms with Gasteiger partial charge >= 0.3 is 0 Å². The molecule has 0 spiro atoms. The van der Waals surface area contributed by atoms with Crippen LogP contribution in [-0.4, -0.2) is 0 Å². The summed E-state index contributed by atoms with van der Waals surface area (Å²) >= 11 is 11.8. The Morgan fingerprint density at radius 1 is 1.28 bits per heavy atom. The molecule has 1 aromatic carbocycles. The summed E-state index contributed by atoms with van der Waals surface area (Å²) in [6, 6.07) is 8.80.